The van der Waals surface area contributed by atoms with Crippen LogP contribution in [0.1, 0.15) is 0 Å². The Balaban J connectivity index is 1.13. The first-order valence-electron chi connectivity index (χ1n) is 21.2. The summed E-state index contributed by atoms with van der Waals surface area (Å²) in [6, 6.07) is 75.6. The topological polar surface area (TPSA) is 48.5 Å². The number of nitrogens with zero attached hydrogens (tertiary/aromatic N) is 5. The van der Waals surface area contributed by atoms with Gasteiger partial charge in [-0.3, -0.25) is 0 Å². The molecule has 4 aromatic heterocycles. The van der Waals surface area contributed by atoms with E-state index in [1.807, 2.05) is 47.7 Å². The van der Waals surface area contributed by atoms with E-state index in [1.54, 1.807) is 0 Å². The molecule has 0 aliphatic rings. The molecule has 0 fully saturated rings. The largest absolute Gasteiger partial charge is 0.309 e. The summed E-state index contributed by atoms with van der Waals surface area (Å²) in [6.45, 7) is 0. The van der Waals surface area contributed by atoms with Crippen molar-refractivity contribution in [2.45, 2.75) is 0 Å². The first-order valence-corrected chi connectivity index (χ1v) is 22.0. The van der Waals surface area contributed by atoms with Gasteiger partial charge in [0, 0.05) is 59.4 Å². The van der Waals surface area contributed by atoms with Crippen LogP contribution in [0.25, 0.3) is 120 Å². The van der Waals surface area contributed by atoms with Crippen LogP contribution in [0.2, 0.25) is 0 Å². The minimum Gasteiger partial charge on any atom is -0.309 e. The van der Waals surface area contributed by atoms with E-state index in [4.69, 9.17) is 15.0 Å². The van der Waals surface area contributed by atoms with Gasteiger partial charge in [0.05, 0.1) is 32.5 Å². The van der Waals surface area contributed by atoms with Gasteiger partial charge < -0.3 is 9.13 Å². The number of aromatic nitrogens is 5. The van der Waals surface area contributed by atoms with E-state index in [-0.39, 0.29) is 0 Å². The predicted molar refractivity (Wildman–Crippen MR) is 263 cm³/mol. The van der Waals surface area contributed by atoms with Crippen molar-refractivity contribution in [3.05, 3.63) is 212 Å². The van der Waals surface area contributed by atoms with Crippen LogP contribution >= 0.6 is 11.3 Å². The normalized spacial score (nSPS) is 11.8. The number of para-hydroxylation sites is 2. The predicted octanol–water partition coefficient (Wildman–Crippen LogP) is 15.1. The molecule has 0 radical (unpaired) electrons. The fourth-order valence-corrected chi connectivity index (χ4v) is 10.7. The van der Waals surface area contributed by atoms with Crippen molar-refractivity contribution >= 4 is 75.1 Å². The second kappa shape index (κ2) is 14.2. The van der Waals surface area contributed by atoms with Gasteiger partial charge in [-0.25, -0.2) is 15.0 Å². The summed E-state index contributed by atoms with van der Waals surface area (Å²) in [5, 5.41) is 7.15. The van der Waals surface area contributed by atoms with Crippen LogP contribution in [0.5, 0.6) is 0 Å². The Morgan fingerprint density at radius 3 is 1.56 bits per heavy atom. The van der Waals surface area contributed by atoms with E-state index in [0.717, 1.165) is 44.5 Å². The number of thiophene rings is 1. The monoisotopic (exact) mass is 821 g/mol. The Morgan fingerprint density at radius 2 is 0.857 bits per heavy atom. The van der Waals surface area contributed by atoms with E-state index in [2.05, 4.69) is 185 Å². The summed E-state index contributed by atoms with van der Waals surface area (Å²) in [4.78, 5) is 15.5. The maximum atomic E-state index is 5.23. The van der Waals surface area contributed by atoms with Gasteiger partial charge in [-0.1, -0.05) is 152 Å². The van der Waals surface area contributed by atoms with Gasteiger partial charge in [0.1, 0.15) is 0 Å². The van der Waals surface area contributed by atoms with Crippen molar-refractivity contribution in [1.29, 1.82) is 0 Å². The molecule has 0 spiro atoms. The Kier molecular flexibility index (Phi) is 8.01. The van der Waals surface area contributed by atoms with E-state index < -0.39 is 0 Å². The maximum Gasteiger partial charge on any atom is 0.164 e. The molecule has 0 aliphatic heterocycles. The number of fused-ring (bicyclic) bond motifs is 9. The third-order valence-electron chi connectivity index (χ3n) is 12.4. The lowest BCUT2D eigenvalue weighted by Gasteiger charge is -2.14. The van der Waals surface area contributed by atoms with Gasteiger partial charge in [0.2, 0.25) is 0 Å². The molecule has 0 saturated heterocycles. The lowest BCUT2D eigenvalue weighted by atomic mass is 10.0. The number of hydrogen-bond donors (Lipinski definition) is 0. The molecule has 4 heterocycles. The van der Waals surface area contributed by atoms with Crippen LogP contribution in [-0.2, 0) is 0 Å². The molecular formula is C57H35N5S. The Hall–Kier alpha value is -8.19. The zero-order valence-corrected chi connectivity index (χ0v) is 34.7. The van der Waals surface area contributed by atoms with Gasteiger partial charge in [0.15, 0.2) is 17.5 Å². The van der Waals surface area contributed by atoms with Crippen LogP contribution in [0.15, 0.2) is 212 Å². The van der Waals surface area contributed by atoms with Crippen molar-refractivity contribution < 1.29 is 0 Å². The van der Waals surface area contributed by atoms with Crippen molar-refractivity contribution in [2.75, 3.05) is 0 Å². The molecule has 0 saturated carbocycles. The molecular weight excluding hydrogens is 787 g/mol. The van der Waals surface area contributed by atoms with Crippen LogP contribution < -0.4 is 0 Å². The van der Waals surface area contributed by atoms with Gasteiger partial charge >= 0.3 is 0 Å². The minimum atomic E-state index is 0.645. The fraction of sp³-hybridized carbons (Fsp3) is 0. The average Bonchev–Trinajstić information content (AvgIpc) is 4.01. The quantitative estimate of drug-likeness (QED) is 0.168. The molecule has 0 amide bonds. The van der Waals surface area contributed by atoms with Gasteiger partial charge in [-0.05, 0) is 71.8 Å². The number of benzene rings is 9. The van der Waals surface area contributed by atoms with Crippen molar-refractivity contribution in [3.63, 3.8) is 0 Å². The van der Waals surface area contributed by atoms with Crippen LogP contribution in [0, 0.1) is 0 Å². The van der Waals surface area contributed by atoms with E-state index in [1.165, 1.54) is 58.5 Å². The summed E-state index contributed by atoms with van der Waals surface area (Å²) in [7, 11) is 0. The van der Waals surface area contributed by atoms with E-state index in [9.17, 15) is 0 Å². The van der Waals surface area contributed by atoms with Gasteiger partial charge in [-0.15, -0.1) is 11.3 Å². The summed E-state index contributed by atoms with van der Waals surface area (Å²) in [5.41, 5.74) is 12.2. The molecule has 0 unspecified atom stereocenters. The Labute approximate surface area is 366 Å². The Morgan fingerprint density at radius 1 is 0.333 bits per heavy atom. The molecule has 0 atom stereocenters. The highest BCUT2D eigenvalue weighted by atomic mass is 32.1. The summed E-state index contributed by atoms with van der Waals surface area (Å²) in [6.07, 6.45) is 0. The molecule has 6 heteroatoms. The van der Waals surface area contributed by atoms with E-state index in [0.29, 0.717) is 17.5 Å². The third kappa shape index (κ3) is 5.66. The van der Waals surface area contributed by atoms with Crippen LogP contribution in [-0.4, -0.2) is 24.1 Å². The molecule has 13 aromatic rings. The zero-order chi connectivity index (χ0) is 41.4. The molecule has 294 valence electrons. The molecule has 0 bridgehead atoms. The lowest BCUT2D eigenvalue weighted by Crippen LogP contribution is -2.01. The highest BCUT2D eigenvalue weighted by molar-refractivity contribution is 7.26. The molecule has 13 rings (SSSR count). The van der Waals surface area contributed by atoms with Gasteiger partial charge in [0.25, 0.3) is 0 Å². The summed E-state index contributed by atoms with van der Waals surface area (Å²) >= 11 is 1.83. The second-order valence-electron chi connectivity index (χ2n) is 16.0. The number of hydrogen-bond acceptors (Lipinski definition) is 4. The molecule has 63 heavy (non-hydrogen) atoms. The van der Waals surface area contributed by atoms with Crippen LogP contribution in [0.4, 0.5) is 0 Å². The lowest BCUT2D eigenvalue weighted by molar-refractivity contribution is 1.08. The summed E-state index contributed by atoms with van der Waals surface area (Å²) in [5.74, 6) is 1.94. The maximum absolute atomic E-state index is 5.23. The third-order valence-corrected chi connectivity index (χ3v) is 13.6. The SMILES string of the molecule is c1ccc(-c2ccc3c(c2)c2cc4c(cc2n3-c2ccc(-c3nc(-c5ccccc5)nc(-c5ccccc5)n3)c3c2sc2ccccc23)c2ccccc2n4-c2ccccc2)cc1. The fourth-order valence-electron chi connectivity index (χ4n) is 9.51. The van der Waals surface area contributed by atoms with Crippen molar-refractivity contribution in [1.82, 2.24) is 24.1 Å². The smallest absolute Gasteiger partial charge is 0.164 e. The minimum absolute atomic E-state index is 0.645. The molecule has 0 N–H and O–H groups in total. The van der Waals surface area contributed by atoms with Crippen molar-refractivity contribution in [2.24, 2.45) is 0 Å². The van der Waals surface area contributed by atoms with E-state index >= 15 is 0 Å². The zero-order valence-electron chi connectivity index (χ0n) is 33.9. The second-order valence-corrected chi connectivity index (χ2v) is 17.0. The molecule has 0 aliphatic carbocycles. The standard InChI is InChI=1S/C57H35N5S/c1-5-17-36(18-6-1)39-29-31-48-44(33-39)46-35-50-45(41-25-13-15-27-47(41)61(50)40-23-11-4-12-24-40)34-51(46)62(48)49-32-30-43(53-42-26-14-16-28-52(42)63-54(49)53)57-59-55(37-19-7-2-8-20-37)58-56(60-57)38-21-9-3-10-22-38/h1-35H. The average molecular weight is 822 g/mol. The molecule has 5 nitrogen and oxygen atoms in total. The molecule has 9 aromatic carbocycles. The van der Waals surface area contributed by atoms with Gasteiger partial charge in [-0.2, -0.15) is 0 Å². The van der Waals surface area contributed by atoms with Crippen molar-refractivity contribution in [3.8, 4) is 56.7 Å². The first kappa shape index (κ1) is 35.6. The highest BCUT2D eigenvalue weighted by Crippen LogP contribution is 2.46. The summed E-state index contributed by atoms with van der Waals surface area (Å²) < 4.78 is 7.29. The Bertz CT molecular complexity index is 3830. The number of rotatable bonds is 6. The first-order chi connectivity index (χ1) is 31.2. The van der Waals surface area contributed by atoms with Crippen LogP contribution in [0.3, 0.4) is 0 Å². The highest BCUT2D eigenvalue weighted by Gasteiger charge is 2.24.